The molecule has 0 saturated carbocycles. The average Bonchev–Trinajstić information content (AvgIpc) is 2.66. The molecule has 0 unspecified atom stereocenters. The molecule has 4 heteroatoms. The van der Waals surface area contributed by atoms with E-state index in [9.17, 15) is 4.79 Å². The third-order valence-electron chi connectivity index (χ3n) is 2.53. The number of aryl methyl sites for hydroxylation is 1. The fourth-order valence-corrected chi connectivity index (χ4v) is 1.72. The number of pyridine rings is 1. The van der Waals surface area contributed by atoms with Gasteiger partial charge >= 0.3 is 5.97 Å². The summed E-state index contributed by atoms with van der Waals surface area (Å²) in [6, 6.07) is 3.84. The van der Waals surface area contributed by atoms with Gasteiger partial charge in [0.05, 0.1) is 0 Å². The van der Waals surface area contributed by atoms with Crippen LogP contribution in [0.25, 0.3) is 11.7 Å². The third-order valence-corrected chi connectivity index (χ3v) is 2.53. The largest absolute Gasteiger partial charge is 0.457 e. The van der Waals surface area contributed by atoms with Gasteiger partial charge in [-0.05, 0) is 51.5 Å². The van der Waals surface area contributed by atoms with Gasteiger partial charge in [-0.3, -0.25) is 0 Å². The van der Waals surface area contributed by atoms with Crippen molar-refractivity contribution >= 4 is 17.7 Å². The van der Waals surface area contributed by atoms with Gasteiger partial charge in [-0.15, -0.1) is 0 Å². The summed E-state index contributed by atoms with van der Waals surface area (Å²) in [5, 5.41) is 0. The number of imidazole rings is 1. The molecule has 0 spiro atoms. The molecule has 0 aliphatic heterocycles. The van der Waals surface area contributed by atoms with E-state index in [4.69, 9.17) is 4.74 Å². The highest BCUT2D eigenvalue weighted by molar-refractivity contribution is 5.87. The fraction of sp³-hybridized carbons (Fsp3) is 0.333. The van der Waals surface area contributed by atoms with Gasteiger partial charge in [0.2, 0.25) is 0 Å². The van der Waals surface area contributed by atoms with E-state index in [-0.39, 0.29) is 5.97 Å². The Balaban J connectivity index is 2.17. The number of rotatable bonds is 2. The minimum absolute atomic E-state index is 0.338. The number of esters is 1. The summed E-state index contributed by atoms with van der Waals surface area (Å²) in [7, 11) is 0. The number of nitrogens with zero attached hydrogens (tertiary/aromatic N) is 2. The lowest BCUT2D eigenvalue weighted by Gasteiger charge is -2.17. The Morgan fingerprint density at radius 1 is 1.37 bits per heavy atom. The molecule has 19 heavy (non-hydrogen) atoms. The molecule has 2 aromatic rings. The zero-order valence-corrected chi connectivity index (χ0v) is 11.7. The topological polar surface area (TPSA) is 43.6 Å². The van der Waals surface area contributed by atoms with Crippen molar-refractivity contribution in [2.24, 2.45) is 0 Å². The van der Waals surface area contributed by atoms with Gasteiger partial charge in [-0.25, -0.2) is 9.78 Å². The normalized spacial score (nSPS) is 12.2. The first kappa shape index (κ1) is 13.3. The van der Waals surface area contributed by atoms with E-state index in [1.807, 2.05) is 56.6 Å². The van der Waals surface area contributed by atoms with Crippen LogP contribution in [0.2, 0.25) is 0 Å². The van der Waals surface area contributed by atoms with Crippen molar-refractivity contribution in [3.05, 3.63) is 41.9 Å². The maximum Gasteiger partial charge on any atom is 0.331 e. The summed E-state index contributed by atoms with van der Waals surface area (Å²) in [5.41, 5.74) is 2.42. The summed E-state index contributed by atoms with van der Waals surface area (Å²) in [6.45, 7) is 7.53. The Hall–Kier alpha value is -2.10. The first-order valence-corrected chi connectivity index (χ1v) is 6.20. The summed E-state index contributed by atoms with van der Waals surface area (Å²) in [5.74, 6) is -0.338. The monoisotopic (exact) mass is 258 g/mol. The summed E-state index contributed by atoms with van der Waals surface area (Å²) in [4.78, 5) is 15.8. The maximum absolute atomic E-state index is 11.6. The molecule has 100 valence electrons. The highest BCUT2D eigenvalue weighted by atomic mass is 16.6. The van der Waals surface area contributed by atoms with Crippen LogP contribution in [0.15, 0.2) is 30.6 Å². The Labute approximate surface area is 112 Å². The Bertz CT molecular complexity index is 633. The molecule has 0 atom stereocenters. The van der Waals surface area contributed by atoms with E-state index in [1.54, 1.807) is 6.08 Å². The van der Waals surface area contributed by atoms with Crippen molar-refractivity contribution in [3.8, 4) is 0 Å². The lowest BCUT2D eigenvalue weighted by molar-refractivity contribution is -0.148. The number of fused-ring (bicyclic) bond motifs is 1. The number of aromatic nitrogens is 2. The SMILES string of the molecule is Cc1cnc2ccc(/C=C/C(=O)OC(C)(C)C)cn12. The zero-order chi connectivity index (χ0) is 14.0. The standard InChI is InChI=1S/C15H18N2O2/c1-11-9-16-13-7-5-12(10-17(11)13)6-8-14(18)19-15(2,3)4/h5-10H,1-4H3/b8-6+. The molecule has 2 heterocycles. The first-order valence-electron chi connectivity index (χ1n) is 6.20. The minimum atomic E-state index is -0.466. The molecule has 0 fully saturated rings. The number of ether oxygens (including phenoxy) is 1. The Kier molecular flexibility index (Phi) is 3.42. The molecule has 0 N–H and O–H groups in total. The number of carbonyl (C=O) groups is 1. The number of hydrogen-bond donors (Lipinski definition) is 0. The molecular weight excluding hydrogens is 240 g/mol. The highest BCUT2D eigenvalue weighted by Crippen LogP contribution is 2.11. The second-order valence-electron chi connectivity index (χ2n) is 5.46. The maximum atomic E-state index is 11.6. The van der Waals surface area contributed by atoms with Crippen molar-refractivity contribution in [1.29, 1.82) is 0 Å². The quantitative estimate of drug-likeness (QED) is 0.614. The molecule has 2 aromatic heterocycles. The van der Waals surface area contributed by atoms with Gasteiger partial charge < -0.3 is 9.14 Å². The summed E-state index contributed by atoms with van der Waals surface area (Å²) < 4.78 is 7.19. The molecular formula is C15H18N2O2. The van der Waals surface area contributed by atoms with E-state index < -0.39 is 5.60 Å². The predicted octanol–water partition coefficient (Wildman–Crippen LogP) is 3.00. The van der Waals surface area contributed by atoms with Gasteiger partial charge in [0.1, 0.15) is 11.2 Å². The molecule has 0 radical (unpaired) electrons. The van der Waals surface area contributed by atoms with Gasteiger partial charge in [0.25, 0.3) is 0 Å². The average molecular weight is 258 g/mol. The van der Waals surface area contributed by atoms with Crippen LogP contribution in [0.4, 0.5) is 0 Å². The molecule has 4 nitrogen and oxygen atoms in total. The van der Waals surface area contributed by atoms with E-state index in [0.717, 1.165) is 16.9 Å². The summed E-state index contributed by atoms with van der Waals surface area (Å²) in [6.07, 6.45) is 6.95. The van der Waals surface area contributed by atoms with Crippen molar-refractivity contribution < 1.29 is 9.53 Å². The molecule has 0 bridgehead atoms. The van der Waals surface area contributed by atoms with Crippen LogP contribution in [0.1, 0.15) is 32.0 Å². The minimum Gasteiger partial charge on any atom is -0.457 e. The molecule has 0 amide bonds. The second-order valence-corrected chi connectivity index (χ2v) is 5.46. The van der Waals surface area contributed by atoms with Crippen LogP contribution < -0.4 is 0 Å². The van der Waals surface area contributed by atoms with Crippen LogP contribution in [0, 0.1) is 6.92 Å². The Morgan fingerprint density at radius 2 is 2.11 bits per heavy atom. The third kappa shape index (κ3) is 3.44. The fourth-order valence-electron chi connectivity index (χ4n) is 1.72. The van der Waals surface area contributed by atoms with Crippen molar-refractivity contribution in [1.82, 2.24) is 9.38 Å². The van der Waals surface area contributed by atoms with Gasteiger partial charge in [-0.2, -0.15) is 0 Å². The van der Waals surface area contributed by atoms with Crippen molar-refractivity contribution in [3.63, 3.8) is 0 Å². The van der Waals surface area contributed by atoms with Crippen LogP contribution >= 0.6 is 0 Å². The molecule has 0 saturated heterocycles. The van der Waals surface area contributed by atoms with E-state index >= 15 is 0 Å². The van der Waals surface area contributed by atoms with E-state index in [2.05, 4.69) is 4.98 Å². The van der Waals surface area contributed by atoms with E-state index in [1.165, 1.54) is 6.08 Å². The lowest BCUT2D eigenvalue weighted by atomic mass is 10.2. The second kappa shape index (κ2) is 4.88. The van der Waals surface area contributed by atoms with Gasteiger partial charge in [0.15, 0.2) is 0 Å². The van der Waals surface area contributed by atoms with E-state index in [0.29, 0.717) is 0 Å². The molecule has 0 aliphatic carbocycles. The zero-order valence-electron chi connectivity index (χ0n) is 11.7. The summed E-state index contributed by atoms with van der Waals surface area (Å²) >= 11 is 0. The number of carbonyl (C=O) groups excluding carboxylic acids is 1. The van der Waals surface area contributed by atoms with Gasteiger partial charge in [0, 0.05) is 24.2 Å². The molecule has 0 aliphatic rings. The molecule has 0 aromatic carbocycles. The van der Waals surface area contributed by atoms with Crippen LogP contribution in [0.3, 0.4) is 0 Å². The van der Waals surface area contributed by atoms with Crippen molar-refractivity contribution in [2.45, 2.75) is 33.3 Å². The van der Waals surface area contributed by atoms with Crippen molar-refractivity contribution in [2.75, 3.05) is 0 Å². The first-order chi connectivity index (χ1) is 8.85. The highest BCUT2D eigenvalue weighted by Gasteiger charge is 2.13. The predicted molar refractivity (Wildman–Crippen MR) is 74.8 cm³/mol. The van der Waals surface area contributed by atoms with Gasteiger partial charge in [-0.1, -0.05) is 0 Å². The van der Waals surface area contributed by atoms with Crippen LogP contribution in [-0.2, 0) is 9.53 Å². The van der Waals surface area contributed by atoms with Crippen LogP contribution in [0.5, 0.6) is 0 Å². The number of hydrogen-bond acceptors (Lipinski definition) is 3. The lowest BCUT2D eigenvalue weighted by Crippen LogP contribution is -2.22. The molecule has 2 rings (SSSR count). The Morgan fingerprint density at radius 3 is 2.79 bits per heavy atom. The smallest absolute Gasteiger partial charge is 0.331 e. The van der Waals surface area contributed by atoms with Crippen LogP contribution in [-0.4, -0.2) is 21.0 Å².